The molecule has 0 aliphatic heterocycles. The minimum atomic E-state index is -2.33. The van der Waals surface area contributed by atoms with Crippen molar-refractivity contribution < 1.29 is 45.4 Å². The predicted octanol–water partition coefficient (Wildman–Crippen LogP) is 3.51. The highest BCUT2D eigenvalue weighted by Crippen LogP contribution is 2.29. The van der Waals surface area contributed by atoms with Crippen molar-refractivity contribution >= 4 is 15.9 Å². The van der Waals surface area contributed by atoms with Crippen LogP contribution in [0.2, 0.25) is 6.04 Å². The first-order chi connectivity index (χ1) is 13.5. The van der Waals surface area contributed by atoms with Gasteiger partial charge >= 0.3 is 6.09 Å². The molecule has 1 aromatic carbocycles. The zero-order valence-electron chi connectivity index (χ0n) is 16.5. The number of carbonyl (C=O) groups excluding carboxylic acids is 1. The summed E-state index contributed by atoms with van der Waals surface area (Å²) in [6.07, 6.45) is -1.09. The van der Waals surface area contributed by atoms with Crippen LogP contribution < -0.4 is 10.1 Å². The first kappa shape index (κ1) is 25.3. The summed E-state index contributed by atoms with van der Waals surface area (Å²) in [6.45, 7) is 6.60. The molecule has 1 amide bonds. The lowest BCUT2D eigenvalue weighted by molar-refractivity contribution is -0.275. The van der Waals surface area contributed by atoms with E-state index in [1.54, 1.807) is 0 Å². The molecule has 0 spiro atoms. The van der Waals surface area contributed by atoms with E-state index in [2.05, 4.69) is 10.1 Å². The van der Waals surface area contributed by atoms with E-state index in [1.807, 2.05) is 27.7 Å². The Kier molecular flexibility index (Phi) is 10.5. The molecular weight excluding hydrogens is 421 g/mol. The lowest BCUT2D eigenvalue weighted by atomic mass is 10.2. The Morgan fingerprint density at radius 1 is 0.897 bits per heavy atom. The third-order valence-electron chi connectivity index (χ3n) is 3.23. The monoisotopic (exact) mass is 445 g/mol. The summed E-state index contributed by atoms with van der Waals surface area (Å²) in [7, 11) is -1.06. The molecule has 0 aliphatic rings. The highest BCUT2D eigenvalue weighted by atomic mass is 28.2. The van der Waals surface area contributed by atoms with Gasteiger partial charge in [-0.2, -0.15) is 8.78 Å². The average molecular weight is 445 g/mol. The van der Waals surface area contributed by atoms with E-state index in [4.69, 9.17) is 13.9 Å². The number of hydrogen-bond acceptors (Lipinski definition) is 5. The van der Waals surface area contributed by atoms with Crippen LogP contribution in [0.15, 0.2) is 0 Å². The van der Waals surface area contributed by atoms with Gasteiger partial charge in [-0.1, -0.05) is 0 Å². The number of carbonyl (C=O) groups is 1. The van der Waals surface area contributed by atoms with Crippen molar-refractivity contribution in [2.75, 3.05) is 6.54 Å². The van der Waals surface area contributed by atoms with Crippen LogP contribution in [-0.4, -0.2) is 41.1 Å². The van der Waals surface area contributed by atoms with Gasteiger partial charge in [0.1, 0.15) is 0 Å². The smallest absolute Gasteiger partial charge is 0.404 e. The SMILES string of the molecule is CC(C)OC(O[SiH2]CCCNC(=O)Oc1c(F)c(F)c(F)c(F)c1F)OC(C)C. The van der Waals surface area contributed by atoms with Gasteiger partial charge in [-0.05, 0) is 40.2 Å². The largest absolute Gasteiger partial charge is 0.412 e. The summed E-state index contributed by atoms with van der Waals surface area (Å²) >= 11 is 0. The molecule has 0 fully saturated rings. The van der Waals surface area contributed by atoms with Crippen molar-refractivity contribution in [3.63, 3.8) is 0 Å². The molecule has 1 aromatic rings. The van der Waals surface area contributed by atoms with Gasteiger partial charge in [0.25, 0.3) is 6.48 Å². The number of amides is 1. The molecule has 0 saturated heterocycles. The Balaban J connectivity index is 2.40. The van der Waals surface area contributed by atoms with Crippen LogP contribution in [0.4, 0.5) is 26.7 Å². The van der Waals surface area contributed by atoms with Crippen LogP contribution in [0.3, 0.4) is 0 Å². The number of ether oxygens (including phenoxy) is 3. The van der Waals surface area contributed by atoms with E-state index in [0.717, 1.165) is 0 Å². The van der Waals surface area contributed by atoms with Crippen LogP contribution in [0.25, 0.3) is 0 Å². The maximum atomic E-state index is 13.4. The number of benzene rings is 1. The Hall–Kier alpha value is -1.76. The van der Waals surface area contributed by atoms with Gasteiger partial charge in [0.05, 0.1) is 12.2 Å². The number of halogens is 5. The minimum Gasteiger partial charge on any atom is -0.404 e. The Bertz CT molecular complexity index is 654. The molecule has 6 nitrogen and oxygen atoms in total. The summed E-state index contributed by atoms with van der Waals surface area (Å²) in [5.41, 5.74) is 0. The third-order valence-corrected chi connectivity index (χ3v) is 4.52. The summed E-state index contributed by atoms with van der Waals surface area (Å²) in [4.78, 5) is 11.5. The normalized spacial score (nSPS) is 12.0. The molecule has 0 aromatic heterocycles. The van der Waals surface area contributed by atoms with E-state index in [0.29, 0.717) is 12.5 Å². The molecule has 0 aliphatic carbocycles. The van der Waals surface area contributed by atoms with Crippen molar-refractivity contribution in [3.8, 4) is 5.75 Å². The molecular formula is C17H24F5NO5Si. The molecule has 29 heavy (non-hydrogen) atoms. The first-order valence-corrected chi connectivity index (χ1v) is 10.5. The molecule has 0 heterocycles. The molecule has 1 rings (SSSR count). The predicted molar refractivity (Wildman–Crippen MR) is 95.5 cm³/mol. The molecule has 166 valence electrons. The van der Waals surface area contributed by atoms with Crippen molar-refractivity contribution in [1.29, 1.82) is 0 Å². The lowest BCUT2D eigenvalue weighted by Gasteiger charge is -2.23. The van der Waals surface area contributed by atoms with Gasteiger partial charge in [-0.25, -0.2) is 18.0 Å². The summed E-state index contributed by atoms with van der Waals surface area (Å²) < 4.78 is 86.7. The van der Waals surface area contributed by atoms with Crippen LogP contribution in [-0.2, 0) is 13.9 Å². The van der Waals surface area contributed by atoms with E-state index in [1.165, 1.54) is 0 Å². The third kappa shape index (κ3) is 8.24. The maximum absolute atomic E-state index is 13.4. The second-order valence-corrected chi connectivity index (χ2v) is 7.90. The van der Waals surface area contributed by atoms with Gasteiger partial charge in [-0.15, -0.1) is 0 Å². The Morgan fingerprint density at radius 2 is 1.38 bits per heavy atom. The standard InChI is InChI=1S/C17H24F5NO5Si/c1-8(2)25-17(26-9(3)4)28-29-7-5-6-23-16(24)27-15-13(21)11(19)10(18)12(20)14(15)22/h8-9,17H,5-7,29H2,1-4H3,(H,23,24). The van der Waals surface area contributed by atoms with Crippen molar-refractivity contribution in [1.82, 2.24) is 5.32 Å². The molecule has 12 heteroatoms. The fraction of sp³-hybridized carbons (Fsp3) is 0.588. The van der Waals surface area contributed by atoms with Gasteiger partial charge < -0.3 is 24.0 Å². The quantitative estimate of drug-likeness (QED) is 0.141. The van der Waals surface area contributed by atoms with Crippen molar-refractivity contribution in [3.05, 3.63) is 29.1 Å². The molecule has 0 bridgehead atoms. The Labute approximate surface area is 167 Å². The molecule has 0 unspecified atom stereocenters. The maximum Gasteiger partial charge on any atom is 0.412 e. The fourth-order valence-corrected chi connectivity index (χ4v) is 2.93. The first-order valence-electron chi connectivity index (χ1n) is 8.94. The van der Waals surface area contributed by atoms with Crippen LogP contribution in [0, 0.1) is 29.1 Å². The van der Waals surface area contributed by atoms with Gasteiger partial charge in [0, 0.05) is 6.54 Å². The van der Waals surface area contributed by atoms with E-state index in [-0.39, 0.29) is 18.8 Å². The topological polar surface area (TPSA) is 66.0 Å². The summed E-state index contributed by atoms with van der Waals surface area (Å²) in [6, 6.07) is 0.599. The molecule has 0 saturated carbocycles. The zero-order valence-corrected chi connectivity index (χ0v) is 17.9. The van der Waals surface area contributed by atoms with Gasteiger partial charge in [0.2, 0.25) is 34.8 Å². The Morgan fingerprint density at radius 3 is 1.86 bits per heavy atom. The van der Waals surface area contributed by atoms with Crippen molar-refractivity contribution in [2.45, 2.75) is 58.8 Å². The number of nitrogens with one attached hydrogen (secondary N) is 1. The van der Waals surface area contributed by atoms with E-state index >= 15 is 0 Å². The van der Waals surface area contributed by atoms with Crippen LogP contribution in [0.5, 0.6) is 5.75 Å². The van der Waals surface area contributed by atoms with E-state index < -0.39 is 57.2 Å². The van der Waals surface area contributed by atoms with Gasteiger partial charge in [-0.3, -0.25) is 0 Å². The second-order valence-electron chi connectivity index (χ2n) is 6.45. The summed E-state index contributed by atoms with van der Waals surface area (Å²) in [5.74, 6) is -12.8. The summed E-state index contributed by atoms with van der Waals surface area (Å²) in [5, 5.41) is 2.16. The van der Waals surface area contributed by atoms with E-state index in [9.17, 15) is 26.7 Å². The van der Waals surface area contributed by atoms with Gasteiger partial charge in [0.15, 0.2) is 9.76 Å². The molecule has 0 radical (unpaired) electrons. The lowest BCUT2D eigenvalue weighted by Crippen LogP contribution is -2.30. The second kappa shape index (κ2) is 12.1. The minimum absolute atomic E-state index is 0.0470. The van der Waals surface area contributed by atoms with Crippen LogP contribution in [0.1, 0.15) is 34.1 Å². The number of rotatable bonds is 11. The fourth-order valence-electron chi connectivity index (χ4n) is 1.96. The average Bonchev–Trinajstić information content (AvgIpc) is 2.63. The van der Waals surface area contributed by atoms with Crippen LogP contribution >= 0.6 is 0 Å². The number of hydrogen-bond donors (Lipinski definition) is 1. The molecule has 1 N–H and O–H groups in total. The highest BCUT2D eigenvalue weighted by Gasteiger charge is 2.28. The molecule has 0 atom stereocenters. The highest BCUT2D eigenvalue weighted by molar-refractivity contribution is 6.27. The van der Waals surface area contributed by atoms with Crippen molar-refractivity contribution in [2.24, 2.45) is 0 Å². The zero-order chi connectivity index (χ0) is 22.1.